The van der Waals surface area contributed by atoms with Crippen LogP contribution in [0.25, 0.3) is 6.08 Å². The second kappa shape index (κ2) is 14.5. The van der Waals surface area contributed by atoms with Gasteiger partial charge < -0.3 is 79.5 Å². The molecule has 11 unspecified atom stereocenters. The highest BCUT2D eigenvalue weighted by Gasteiger charge is 2.48. The van der Waals surface area contributed by atoms with E-state index in [0.717, 1.165) is 6.07 Å². The number of hydrogen-bond donors (Lipinski definition) is 10. The number of ether oxygens (including phenoxy) is 6. The van der Waals surface area contributed by atoms with Gasteiger partial charge in [-0.2, -0.15) is 0 Å². The van der Waals surface area contributed by atoms with E-state index in [0.29, 0.717) is 5.56 Å². The van der Waals surface area contributed by atoms with Gasteiger partial charge in [0.05, 0.1) is 18.2 Å². The van der Waals surface area contributed by atoms with Gasteiger partial charge in [-0.05, 0) is 24.3 Å². The van der Waals surface area contributed by atoms with Gasteiger partial charge in [0.15, 0.2) is 5.76 Å². The van der Waals surface area contributed by atoms with Crippen molar-refractivity contribution in [2.45, 2.75) is 73.9 Å². The predicted molar refractivity (Wildman–Crippen MR) is 154 cm³/mol. The number of aliphatic carboxylic acids is 1. The number of carbonyl (C=O) groups is 2. The summed E-state index contributed by atoms with van der Waals surface area (Å²) in [5.41, 5.74) is 0.536. The molecule has 2 aromatic rings. The van der Waals surface area contributed by atoms with Gasteiger partial charge in [-0.1, -0.05) is 0 Å². The van der Waals surface area contributed by atoms with E-state index in [9.17, 15) is 55.5 Å². The number of carboxylic acid groups (broad SMARTS) is 1. The Labute approximate surface area is 270 Å². The van der Waals surface area contributed by atoms with Crippen molar-refractivity contribution >= 4 is 18.0 Å². The molecular formula is C30H35O18+. The molecule has 11 N–H and O–H groups in total. The monoisotopic (exact) mass is 683 g/mol. The van der Waals surface area contributed by atoms with Gasteiger partial charge in [-0.25, -0.2) is 0 Å². The van der Waals surface area contributed by atoms with Crippen molar-refractivity contribution in [3.63, 3.8) is 0 Å². The van der Waals surface area contributed by atoms with E-state index in [2.05, 4.69) is 4.74 Å². The van der Waals surface area contributed by atoms with Gasteiger partial charge in [0.25, 0.3) is 11.9 Å². The molecule has 18 heteroatoms. The van der Waals surface area contributed by atoms with E-state index in [1.54, 1.807) is 0 Å². The van der Waals surface area contributed by atoms with Crippen molar-refractivity contribution in [1.82, 2.24) is 0 Å². The number of carbonyl (C=O) groups excluding carboxylic acids is 1. The molecule has 0 aliphatic carbocycles. The largest absolute Gasteiger partial charge is 0.571 e. The summed E-state index contributed by atoms with van der Waals surface area (Å²) >= 11 is 0. The first-order valence-corrected chi connectivity index (χ1v) is 14.6. The van der Waals surface area contributed by atoms with Crippen LogP contribution in [0, 0.1) is 0 Å². The van der Waals surface area contributed by atoms with Gasteiger partial charge in [-0.3, -0.25) is 9.59 Å². The number of esters is 1. The van der Waals surface area contributed by atoms with Gasteiger partial charge in [-0.15, -0.1) is 0 Å². The average Bonchev–Trinajstić information content (AvgIpc) is 3.04. The number of benzene rings is 2. The number of aromatic hydroxyl groups is 3. The lowest BCUT2D eigenvalue weighted by Gasteiger charge is -2.41. The topological polar surface area (TPSA) is 295 Å². The molecule has 0 radical (unpaired) electrons. The minimum Gasteiger partial charge on any atom is -0.571 e. The Kier molecular flexibility index (Phi) is 10.6. The Hall–Kier alpha value is -4.24. The highest BCUT2D eigenvalue weighted by molar-refractivity contribution is 5.90. The zero-order chi connectivity index (χ0) is 34.9. The van der Waals surface area contributed by atoms with Crippen molar-refractivity contribution in [3.8, 4) is 23.0 Å². The van der Waals surface area contributed by atoms with Crippen molar-refractivity contribution in [2.24, 2.45) is 0 Å². The van der Waals surface area contributed by atoms with Crippen molar-refractivity contribution < 1.29 is 89.1 Å². The summed E-state index contributed by atoms with van der Waals surface area (Å²) in [4.78, 5) is 22.6. The number of hydrogen-bond acceptors (Lipinski definition) is 16. The molecule has 2 aromatic carbocycles. The molecule has 2 saturated heterocycles. The average molecular weight is 684 g/mol. The van der Waals surface area contributed by atoms with E-state index >= 15 is 0 Å². The fourth-order valence-corrected chi connectivity index (χ4v) is 5.29. The summed E-state index contributed by atoms with van der Waals surface area (Å²) in [5, 5.41) is 101. The lowest BCUT2D eigenvalue weighted by molar-refractivity contribution is -0.296. The molecule has 2 fully saturated rings. The highest BCUT2D eigenvalue weighted by Crippen LogP contribution is 2.46. The number of aliphatic hydroxyl groups excluding tert-OH is 7. The first kappa shape index (κ1) is 35.1. The molecule has 5 rings (SSSR count). The molecular weight excluding hydrogens is 648 g/mol. The van der Waals surface area contributed by atoms with Crippen LogP contribution < -0.4 is 4.74 Å². The Morgan fingerprint density at radius 1 is 0.771 bits per heavy atom. The van der Waals surface area contributed by atoms with Crippen LogP contribution in [0.2, 0.25) is 0 Å². The van der Waals surface area contributed by atoms with Gasteiger partial charge in [0.1, 0.15) is 84.7 Å². The molecule has 48 heavy (non-hydrogen) atoms. The molecule has 262 valence electrons. The Bertz CT molecular complexity index is 1490. The fourth-order valence-electron chi connectivity index (χ4n) is 5.29. The molecule has 11 atom stereocenters. The second-order valence-corrected chi connectivity index (χ2v) is 11.2. The van der Waals surface area contributed by atoms with Gasteiger partial charge in [0, 0.05) is 12.1 Å². The maximum absolute atomic E-state index is 11.8. The minimum absolute atomic E-state index is 0.0716. The molecule has 0 spiro atoms. The fraction of sp³-hybridized carbons (Fsp3) is 0.467. The van der Waals surface area contributed by atoms with Crippen LogP contribution in [-0.2, 0) is 28.5 Å². The summed E-state index contributed by atoms with van der Waals surface area (Å²) < 4.78 is 32.3. The van der Waals surface area contributed by atoms with E-state index in [1.165, 1.54) is 36.4 Å². The number of phenolic OH excluding ortho intramolecular Hbond substituents is 2. The van der Waals surface area contributed by atoms with Gasteiger partial charge >= 0.3 is 11.9 Å². The molecule has 18 nitrogen and oxygen atoms in total. The van der Waals surface area contributed by atoms with Crippen LogP contribution in [0.4, 0.5) is 0 Å². The summed E-state index contributed by atoms with van der Waals surface area (Å²) in [5.74, 6) is -3.16. The molecule has 3 heterocycles. The molecule has 0 aromatic heterocycles. The number of phenols is 2. The first-order valence-electron chi connectivity index (χ1n) is 14.6. The lowest BCUT2D eigenvalue weighted by Crippen LogP contribution is -2.60. The smallest absolute Gasteiger partial charge is 0.317 e. The van der Waals surface area contributed by atoms with E-state index < -0.39 is 99.1 Å². The Morgan fingerprint density at radius 2 is 1.38 bits per heavy atom. The van der Waals surface area contributed by atoms with Crippen LogP contribution in [-0.4, -0.2) is 142 Å². The number of carboxylic acids is 1. The quantitative estimate of drug-likeness (QED) is 0.0701. The lowest BCUT2D eigenvalue weighted by atomic mass is 9.98. The summed E-state index contributed by atoms with van der Waals surface area (Å²) in [6.07, 6.45) is -17.6. The van der Waals surface area contributed by atoms with Crippen LogP contribution in [0.15, 0.2) is 42.2 Å². The van der Waals surface area contributed by atoms with Crippen LogP contribution >= 0.6 is 0 Å². The third-order valence-electron chi connectivity index (χ3n) is 7.85. The number of aliphatic hydroxyl groups is 8. The summed E-state index contributed by atoms with van der Waals surface area (Å²) in [6, 6.07) is 8.12. The first-order chi connectivity index (χ1) is 22.8. The maximum Gasteiger partial charge on any atom is 0.317 e. The zero-order valence-corrected chi connectivity index (χ0v) is 24.8. The van der Waals surface area contributed by atoms with Gasteiger partial charge in [0.2, 0.25) is 12.6 Å². The predicted octanol–water partition coefficient (Wildman–Crippen LogP) is -2.54. The Morgan fingerprint density at radius 3 is 2.00 bits per heavy atom. The van der Waals surface area contributed by atoms with Crippen LogP contribution in [0.5, 0.6) is 23.0 Å². The molecule has 0 amide bonds. The van der Waals surface area contributed by atoms with E-state index in [1.807, 2.05) is 0 Å². The van der Waals surface area contributed by atoms with Crippen LogP contribution in [0.3, 0.4) is 0 Å². The third kappa shape index (κ3) is 7.41. The summed E-state index contributed by atoms with van der Waals surface area (Å²) in [6.45, 7) is -1.44. The highest BCUT2D eigenvalue weighted by atomic mass is 16.7. The zero-order valence-electron chi connectivity index (χ0n) is 24.8. The molecule has 0 bridgehead atoms. The van der Waals surface area contributed by atoms with E-state index in [4.69, 9.17) is 28.8 Å². The summed E-state index contributed by atoms with van der Waals surface area (Å²) in [7, 11) is 0. The second-order valence-electron chi connectivity index (χ2n) is 11.2. The normalized spacial score (nSPS) is 33.1. The minimum atomic E-state index is -1.88. The van der Waals surface area contributed by atoms with E-state index in [-0.39, 0.29) is 34.3 Å². The Balaban J connectivity index is 1.48. The molecule has 3 aliphatic heterocycles. The SMILES string of the molecule is O=C(O)CC(=O)OCC1OC(OC2=Cc3c(OC4OC(CO)C(O)C(O)C4O)cc(O)cc3[OH+]C2c2ccc(O)cc2)C(O)C(O)C1O. The number of fused-ring (bicyclic) bond motifs is 1. The third-order valence-corrected chi connectivity index (χ3v) is 7.85. The maximum atomic E-state index is 11.8. The van der Waals surface area contributed by atoms with Crippen molar-refractivity contribution in [3.05, 3.63) is 53.3 Å². The van der Waals surface area contributed by atoms with Crippen molar-refractivity contribution in [2.75, 3.05) is 13.2 Å². The standard InChI is InChI=1S/C30H34O18/c31-9-18-22(37)24(39)26(41)29(47-18)45-16-6-13(33)5-15-14(16)7-17(28(44-15)11-1-3-12(32)4-2-11)46-30-27(42)25(40)23(38)19(48-30)10-43-21(36)8-20(34)35/h1-7,18-19,22-33,37-42H,8-10H2,(H,34,35)/p+1. The molecule has 0 saturated carbocycles. The number of rotatable bonds is 10. The van der Waals surface area contributed by atoms with Crippen molar-refractivity contribution in [1.29, 1.82) is 0 Å². The van der Waals surface area contributed by atoms with Crippen LogP contribution in [0.1, 0.15) is 23.7 Å². The molecule has 3 aliphatic rings.